The predicted molar refractivity (Wildman–Crippen MR) is 96.0 cm³/mol. The number of anilines is 1. The lowest BCUT2D eigenvalue weighted by atomic mass is 10.1. The van der Waals surface area contributed by atoms with Crippen LogP contribution < -0.4 is 5.73 Å². The summed E-state index contributed by atoms with van der Waals surface area (Å²) in [5.41, 5.74) is 12.0. The minimum absolute atomic E-state index is 0.235. The fourth-order valence-corrected chi connectivity index (χ4v) is 2.78. The van der Waals surface area contributed by atoms with Gasteiger partial charge in [0.25, 0.3) is 0 Å². The zero-order valence-corrected chi connectivity index (χ0v) is 14.8. The molecular weight excluding hydrogens is 302 g/mol. The standard InChI is InChI=1S/C17H19N5Si/c1-12-14-6-5-13(8-10-23(2,3)4)11-15(14)22(21-12)16-7-9-19-17(18)20-16/h5-7,9,11H,1-4H3,(H2,18,19,20). The van der Waals surface area contributed by atoms with Crippen molar-refractivity contribution < 1.29 is 0 Å². The van der Waals surface area contributed by atoms with Crippen LogP contribution in [0.2, 0.25) is 19.6 Å². The highest BCUT2D eigenvalue weighted by atomic mass is 28.3. The Morgan fingerprint density at radius 2 is 1.96 bits per heavy atom. The summed E-state index contributed by atoms with van der Waals surface area (Å²) in [6.45, 7) is 8.68. The molecule has 0 saturated carbocycles. The number of hydrogen-bond acceptors (Lipinski definition) is 4. The second-order valence-electron chi connectivity index (χ2n) is 6.50. The fourth-order valence-electron chi connectivity index (χ4n) is 2.26. The van der Waals surface area contributed by atoms with E-state index in [1.807, 2.05) is 13.0 Å². The van der Waals surface area contributed by atoms with Crippen LogP contribution in [0.5, 0.6) is 0 Å². The van der Waals surface area contributed by atoms with Gasteiger partial charge in [-0.25, -0.2) is 9.67 Å². The Morgan fingerprint density at radius 1 is 1.17 bits per heavy atom. The van der Waals surface area contributed by atoms with E-state index in [-0.39, 0.29) is 5.95 Å². The molecule has 0 saturated heterocycles. The average Bonchev–Trinajstić information content (AvgIpc) is 2.81. The Bertz CT molecular complexity index is 941. The van der Waals surface area contributed by atoms with Gasteiger partial charge in [-0.05, 0) is 25.1 Å². The van der Waals surface area contributed by atoms with E-state index >= 15 is 0 Å². The molecule has 0 spiro atoms. The van der Waals surface area contributed by atoms with Crippen molar-refractivity contribution in [1.29, 1.82) is 0 Å². The quantitative estimate of drug-likeness (QED) is 0.552. The lowest BCUT2D eigenvalue weighted by Gasteiger charge is -2.04. The van der Waals surface area contributed by atoms with Crippen molar-refractivity contribution in [2.45, 2.75) is 26.6 Å². The summed E-state index contributed by atoms with van der Waals surface area (Å²) in [5, 5.41) is 5.67. The maximum atomic E-state index is 5.69. The number of fused-ring (bicyclic) bond motifs is 1. The smallest absolute Gasteiger partial charge is 0.221 e. The number of benzene rings is 1. The molecule has 2 aromatic heterocycles. The third-order valence-corrected chi connectivity index (χ3v) is 4.20. The molecule has 3 rings (SSSR count). The molecule has 6 heteroatoms. The molecule has 5 nitrogen and oxygen atoms in total. The van der Waals surface area contributed by atoms with Crippen LogP contribution in [0.3, 0.4) is 0 Å². The van der Waals surface area contributed by atoms with Gasteiger partial charge >= 0.3 is 0 Å². The van der Waals surface area contributed by atoms with E-state index in [0.717, 1.165) is 22.2 Å². The first-order chi connectivity index (χ1) is 10.8. The van der Waals surface area contributed by atoms with Gasteiger partial charge in [0.2, 0.25) is 5.95 Å². The molecule has 0 aliphatic rings. The number of hydrogen-bond donors (Lipinski definition) is 1. The maximum Gasteiger partial charge on any atom is 0.221 e. The number of rotatable bonds is 1. The predicted octanol–water partition coefficient (Wildman–Crippen LogP) is 2.94. The Hall–Kier alpha value is -2.65. The maximum absolute atomic E-state index is 5.69. The third kappa shape index (κ3) is 3.25. The van der Waals surface area contributed by atoms with Gasteiger partial charge in [0.15, 0.2) is 5.82 Å². The highest BCUT2D eigenvalue weighted by molar-refractivity contribution is 6.83. The highest BCUT2D eigenvalue weighted by Gasteiger charge is 2.11. The van der Waals surface area contributed by atoms with Crippen LogP contribution in [0.15, 0.2) is 30.5 Å². The molecule has 0 bridgehead atoms. The van der Waals surface area contributed by atoms with E-state index in [4.69, 9.17) is 5.73 Å². The Labute approximate surface area is 136 Å². The van der Waals surface area contributed by atoms with Crippen molar-refractivity contribution in [2.75, 3.05) is 5.73 Å². The van der Waals surface area contributed by atoms with Gasteiger partial charge < -0.3 is 5.73 Å². The SMILES string of the molecule is Cc1nn(-c2ccnc(N)n2)c2cc(C#C[Si](C)(C)C)ccc12. The van der Waals surface area contributed by atoms with Crippen molar-refractivity contribution in [3.8, 4) is 17.3 Å². The third-order valence-electron chi connectivity index (χ3n) is 3.32. The first-order valence-corrected chi connectivity index (χ1v) is 10.9. The number of aryl methyl sites for hydroxylation is 1. The van der Waals surface area contributed by atoms with Crippen molar-refractivity contribution in [3.63, 3.8) is 0 Å². The van der Waals surface area contributed by atoms with Crippen molar-refractivity contribution in [1.82, 2.24) is 19.7 Å². The molecule has 0 aliphatic heterocycles. The summed E-state index contributed by atoms with van der Waals surface area (Å²) in [6, 6.07) is 7.96. The minimum atomic E-state index is -1.41. The van der Waals surface area contributed by atoms with Gasteiger partial charge in [-0.15, -0.1) is 5.54 Å². The first-order valence-electron chi connectivity index (χ1n) is 7.45. The van der Waals surface area contributed by atoms with Crippen LogP contribution >= 0.6 is 0 Å². The highest BCUT2D eigenvalue weighted by Crippen LogP contribution is 2.22. The number of aromatic nitrogens is 4. The van der Waals surface area contributed by atoms with Crippen molar-refractivity contribution >= 4 is 24.9 Å². The summed E-state index contributed by atoms with van der Waals surface area (Å²) in [4.78, 5) is 8.19. The number of nitrogens with zero attached hydrogens (tertiary/aromatic N) is 4. The first kappa shape index (κ1) is 15.3. The lowest BCUT2D eigenvalue weighted by Crippen LogP contribution is -2.16. The van der Waals surface area contributed by atoms with E-state index in [1.54, 1.807) is 16.9 Å². The lowest BCUT2D eigenvalue weighted by molar-refractivity contribution is 0.853. The van der Waals surface area contributed by atoms with E-state index in [9.17, 15) is 0 Å². The second-order valence-corrected chi connectivity index (χ2v) is 11.3. The summed E-state index contributed by atoms with van der Waals surface area (Å²) < 4.78 is 1.79. The Morgan fingerprint density at radius 3 is 2.65 bits per heavy atom. The summed E-state index contributed by atoms with van der Waals surface area (Å²) >= 11 is 0. The van der Waals surface area contributed by atoms with E-state index < -0.39 is 8.07 Å². The van der Waals surface area contributed by atoms with Gasteiger partial charge in [-0.1, -0.05) is 25.6 Å². The van der Waals surface area contributed by atoms with Gasteiger partial charge in [-0.3, -0.25) is 0 Å². The van der Waals surface area contributed by atoms with Crippen LogP contribution in [0.25, 0.3) is 16.7 Å². The molecule has 23 heavy (non-hydrogen) atoms. The van der Waals surface area contributed by atoms with E-state index in [1.165, 1.54) is 0 Å². The van der Waals surface area contributed by atoms with Gasteiger partial charge in [0.05, 0.1) is 11.2 Å². The van der Waals surface area contributed by atoms with Gasteiger partial charge in [-0.2, -0.15) is 10.1 Å². The average molecular weight is 321 g/mol. The minimum Gasteiger partial charge on any atom is -0.368 e. The molecule has 0 atom stereocenters. The summed E-state index contributed by atoms with van der Waals surface area (Å²) in [5.74, 6) is 4.18. The molecule has 116 valence electrons. The molecule has 0 fully saturated rings. The molecule has 0 unspecified atom stereocenters. The topological polar surface area (TPSA) is 69.6 Å². The van der Waals surface area contributed by atoms with E-state index in [0.29, 0.717) is 5.82 Å². The largest absolute Gasteiger partial charge is 0.368 e. The Balaban J connectivity index is 2.17. The van der Waals surface area contributed by atoms with E-state index in [2.05, 4.69) is 58.3 Å². The van der Waals surface area contributed by atoms with Crippen LogP contribution in [-0.4, -0.2) is 27.8 Å². The summed E-state index contributed by atoms with van der Waals surface area (Å²) in [7, 11) is -1.41. The molecule has 0 amide bonds. The number of nitrogens with two attached hydrogens (primary N) is 1. The van der Waals surface area contributed by atoms with Crippen molar-refractivity contribution in [2.24, 2.45) is 0 Å². The molecule has 0 radical (unpaired) electrons. The van der Waals surface area contributed by atoms with Crippen LogP contribution in [0.4, 0.5) is 5.95 Å². The summed E-state index contributed by atoms with van der Waals surface area (Å²) in [6.07, 6.45) is 1.63. The van der Waals surface area contributed by atoms with Crippen LogP contribution in [0, 0.1) is 18.4 Å². The molecule has 1 aromatic carbocycles. The fraction of sp³-hybridized carbons (Fsp3) is 0.235. The van der Waals surface area contributed by atoms with Crippen LogP contribution in [0.1, 0.15) is 11.3 Å². The zero-order valence-electron chi connectivity index (χ0n) is 13.8. The van der Waals surface area contributed by atoms with Crippen molar-refractivity contribution in [3.05, 3.63) is 41.7 Å². The van der Waals surface area contributed by atoms with Gasteiger partial charge in [0, 0.05) is 23.2 Å². The number of nitrogen functional groups attached to an aromatic ring is 1. The van der Waals surface area contributed by atoms with Gasteiger partial charge in [0.1, 0.15) is 8.07 Å². The molecule has 3 aromatic rings. The second kappa shape index (κ2) is 5.52. The molecule has 2 N–H and O–H groups in total. The van der Waals surface area contributed by atoms with Crippen LogP contribution in [-0.2, 0) is 0 Å². The molecule has 2 heterocycles. The Kier molecular flexibility index (Phi) is 3.66. The molecule has 0 aliphatic carbocycles. The molecular formula is C17H19N5Si. The monoisotopic (exact) mass is 321 g/mol. The normalized spacial score (nSPS) is 11.3. The zero-order chi connectivity index (χ0) is 16.6.